The molecule has 0 fully saturated rings. The van der Waals surface area contributed by atoms with Gasteiger partial charge in [0.15, 0.2) is 0 Å². The van der Waals surface area contributed by atoms with Gasteiger partial charge in [0.1, 0.15) is 5.70 Å². The van der Waals surface area contributed by atoms with E-state index in [0.717, 1.165) is 22.5 Å². The summed E-state index contributed by atoms with van der Waals surface area (Å²) in [6, 6.07) is 16.9. The number of benzene rings is 2. The van der Waals surface area contributed by atoms with Crippen LogP contribution in [0.4, 0.5) is 5.69 Å². The molecular formula is C30H37N5O. The van der Waals surface area contributed by atoms with Gasteiger partial charge in [0.25, 0.3) is 5.91 Å². The maximum absolute atomic E-state index is 12.8. The number of amides is 1. The molecule has 2 aromatic carbocycles. The van der Waals surface area contributed by atoms with Gasteiger partial charge in [0, 0.05) is 37.7 Å². The summed E-state index contributed by atoms with van der Waals surface area (Å²) in [7, 11) is 1.86. The van der Waals surface area contributed by atoms with Gasteiger partial charge in [0.05, 0.1) is 12.6 Å². The average molecular weight is 484 g/mol. The monoisotopic (exact) mass is 483 g/mol. The summed E-state index contributed by atoms with van der Waals surface area (Å²) < 4.78 is 0. The fourth-order valence-corrected chi connectivity index (χ4v) is 4.31. The number of hydrogen-bond donors (Lipinski definition) is 4. The number of nitrogens with two attached hydrogens (primary N) is 1. The Hall–Kier alpha value is -4.19. The average Bonchev–Trinajstić information content (AvgIpc) is 2.91. The summed E-state index contributed by atoms with van der Waals surface area (Å²) >= 11 is 0. The first-order valence-electron chi connectivity index (χ1n) is 11.9. The van der Waals surface area contributed by atoms with E-state index in [-0.39, 0.29) is 19.4 Å². The molecule has 1 aliphatic heterocycles. The Morgan fingerprint density at radius 2 is 1.92 bits per heavy atom. The van der Waals surface area contributed by atoms with Crippen LogP contribution in [0.5, 0.6) is 0 Å². The first-order chi connectivity index (χ1) is 17.1. The number of fused-ring (bicyclic) bond motifs is 1. The molecule has 0 spiro atoms. The second-order valence-electron chi connectivity index (χ2n) is 8.60. The van der Waals surface area contributed by atoms with Crippen molar-refractivity contribution in [3.05, 3.63) is 114 Å². The highest BCUT2D eigenvalue weighted by Gasteiger charge is 2.20. The lowest BCUT2D eigenvalue weighted by molar-refractivity contribution is -0.117. The normalized spacial score (nSPS) is 16.1. The number of rotatable bonds is 9. The molecule has 2 aliphatic rings. The number of carbonyl (C=O) groups excluding carboxylic acids is 1. The number of hydrogen-bond acceptors (Lipinski definition) is 5. The Labute approximate surface area is 215 Å². The maximum atomic E-state index is 12.8. The van der Waals surface area contributed by atoms with E-state index < -0.39 is 0 Å². The zero-order chi connectivity index (χ0) is 24.6. The fraction of sp³-hybridized carbons (Fsp3) is 0.233. The standard InChI is InChI=1S/C29H33N5O.CH4/c1-21-18-24(22-8-4-3-5-9-22)13-15-28(21)34(20-25(19-30)31-2)17-16-32-29(35)27-14-12-23-10-6-7-11-26(23)33-27;/h3-15,18-19,26,31,33H,16-17,20,30H2,1-2H3,(H,32,35);1H4/b25-19-;. The van der Waals surface area contributed by atoms with Gasteiger partial charge in [-0.2, -0.15) is 0 Å². The van der Waals surface area contributed by atoms with Gasteiger partial charge in [0.2, 0.25) is 0 Å². The number of likely N-dealkylation sites (N-methyl/N-ethyl adjacent to an activating group) is 1. The minimum absolute atomic E-state index is 0. The molecule has 5 N–H and O–H groups in total. The first kappa shape index (κ1) is 26.4. The van der Waals surface area contributed by atoms with Crippen molar-refractivity contribution in [2.24, 2.45) is 5.73 Å². The highest BCUT2D eigenvalue weighted by molar-refractivity contribution is 5.93. The van der Waals surface area contributed by atoms with Crippen LogP contribution in [-0.4, -0.2) is 38.6 Å². The van der Waals surface area contributed by atoms with Crippen molar-refractivity contribution in [1.82, 2.24) is 16.0 Å². The minimum Gasteiger partial charge on any atom is -0.403 e. The number of dihydropyridines is 1. The second kappa shape index (κ2) is 12.5. The quantitative estimate of drug-likeness (QED) is 0.431. The predicted molar refractivity (Wildman–Crippen MR) is 151 cm³/mol. The van der Waals surface area contributed by atoms with Gasteiger partial charge in [-0.05, 0) is 47.4 Å². The van der Waals surface area contributed by atoms with Crippen LogP contribution in [0, 0.1) is 6.92 Å². The maximum Gasteiger partial charge on any atom is 0.267 e. The molecule has 0 bridgehead atoms. The van der Waals surface area contributed by atoms with Gasteiger partial charge in [-0.1, -0.05) is 74.2 Å². The van der Waals surface area contributed by atoms with Crippen molar-refractivity contribution in [1.29, 1.82) is 0 Å². The number of carbonyl (C=O) groups is 1. The number of nitrogens with one attached hydrogen (secondary N) is 3. The summed E-state index contributed by atoms with van der Waals surface area (Å²) in [5, 5.41) is 9.52. The first-order valence-corrected chi connectivity index (χ1v) is 11.9. The molecule has 1 unspecified atom stereocenters. The molecule has 1 aliphatic carbocycles. The van der Waals surface area contributed by atoms with Crippen molar-refractivity contribution in [3.63, 3.8) is 0 Å². The summed E-state index contributed by atoms with van der Waals surface area (Å²) in [6.07, 6.45) is 13.5. The third-order valence-corrected chi connectivity index (χ3v) is 6.26. The molecule has 188 valence electrons. The molecule has 1 heterocycles. The molecule has 6 heteroatoms. The summed E-state index contributed by atoms with van der Waals surface area (Å²) in [4.78, 5) is 15.0. The number of allylic oxidation sites excluding steroid dienone is 4. The summed E-state index contributed by atoms with van der Waals surface area (Å²) in [5.74, 6) is -0.109. The molecule has 1 atom stereocenters. The Morgan fingerprint density at radius 3 is 2.64 bits per heavy atom. The Balaban J connectivity index is 0.00000361. The van der Waals surface area contributed by atoms with Crippen LogP contribution in [0.1, 0.15) is 13.0 Å². The van der Waals surface area contributed by atoms with Gasteiger partial charge < -0.3 is 26.6 Å². The zero-order valence-corrected chi connectivity index (χ0v) is 20.3. The molecule has 6 nitrogen and oxygen atoms in total. The Kier molecular flexibility index (Phi) is 9.17. The smallest absolute Gasteiger partial charge is 0.267 e. The number of anilines is 1. The van der Waals surface area contributed by atoms with Crippen LogP contribution in [-0.2, 0) is 4.79 Å². The van der Waals surface area contributed by atoms with Crippen LogP contribution in [0.2, 0.25) is 0 Å². The second-order valence-corrected chi connectivity index (χ2v) is 8.60. The van der Waals surface area contributed by atoms with Crippen LogP contribution < -0.4 is 26.6 Å². The molecule has 0 aromatic heterocycles. The lowest BCUT2D eigenvalue weighted by Gasteiger charge is -2.28. The van der Waals surface area contributed by atoms with E-state index in [4.69, 9.17) is 5.73 Å². The minimum atomic E-state index is -0.109. The van der Waals surface area contributed by atoms with Crippen molar-refractivity contribution in [2.75, 3.05) is 31.6 Å². The third kappa shape index (κ3) is 6.27. The van der Waals surface area contributed by atoms with E-state index in [1.165, 1.54) is 11.1 Å². The third-order valence-electron chi connectivity index (χ3n) is 6.26. The molecule has 0 saturated carbocycles. The lowest BCUT2D eigenvalue weighted by atomic mass is 9.98. The van der Waals surface area contributed by atoms with Crippen LogP contribution >= 0.6 is 0 Å². The number of nitrogens with zero attached hydrogens (tertiary/aromatic N) is 1. The summed E-state index contributed by atoms with van der Waals surface area (Å²) in [5.41, 5.74) is 13.1. The predicted octanol–water partition coefficient (Wildman–Crippen LogP) is 4.15. The van der Waals surface area contributed by atoms with Gasteiger partial charge in [-0.15, -0.1) is 0 Å². The molecule has 4 rings (SSSR count). The van der Waals surface area contributed by atoms with E-state index in [0.29, 0.717) is 25.3 Å². The van der Waals surface area contributed by atoms with Gasteiger partial charge >= 0.3 is 0 Å². The molecular weight excluding hydrogens is 446 g/mol. The highest BCUT2D eigenvalue weighted by atomic mass is 16.2. The van der Waals surface area contributed by atoms with E-state index in [1.807, 2.05) is 55.6 Å². The van der Waals surface area contributed by atoms with Crippen molar-refractivity contribution in [3.8, 4) is 11.1 Å². The molecule has 2 aromatic rings. The fourth-order valence-electron chi connectivity index (χ4n) is 4.31. The van der Waals surface area contributed by atoms with Crippen molar-refractivity contribution >= 4 is 11.6 Å². The topological polar surface area (TPSA) is 82.4 Å². The van der Waals surface area contributed by atoms with Gasteiger partial charge in [-0.3, -0.25) is 4.79 Å². The Bertz CT molecular complexity index is 1210. The van der Waals surface area contributed by atoms with E-state index in [1.54, 1.807) is 6.20 Å². The van der Waals surface area contributed by atoms with E-state index in [2.05, 4.69) is 64.2 Å². The van der Waals surface area contributed by atoms with E-state index in [9.17, 15) is 4.79 Å². The lowest BCUT2D eigenvalue weighted by Crippen LogP contribution is -2.42. The van der Waals surface area contributed by atoms with Crippen LogP contribution in [0.15, 0.2) is 108 Å². The number of aryl methyl sites for hydroxylation is 1. The van der Waals surface area contributed by atoms with Crippen molar-refractivity contribution in [2.45, 2.75) is 20.4 Å². The largest absolute Gasteiger partial charge is 0.403 e. The molecule has 0 radical (unpaired) electrons. The SMILES string of the molecule is C.CN/C(=C\N)CN(CCNC(=O)C1=CC=C2C=CC=CC2N1)c1ccc(-c2ccccc2)cc1C. The molecule has 1 amide bonds. The Morgan fingerprint density at radius 1 is 1.11 bits per heavy atom. The summed E-state index contributed by atoms with van der Waals surface area (Å²) in [6.45, 7) is 3.86. The van der Waals surface area contributed by atoms with Gasteiger partial charge in [-0.25, -0.2) is 0 Å². The van der Waals surface area contributed by atoms with E-state index >= 15 is 0 Å². The van der Waals surface area contributed by atoms with Crippen LogP contribution in [0.3, 0.4) is 0 Å². The molecule has 36 heavy (non-hydrogen) atoms. The van der Waals surface area contributed by atoms with Crippen LogP contribution in [0.25, 0.3) is 11.1 Å². The van der Waals surface area contributed by atoms with Crippen molar-refractivity contribution < 1.29 is 4.79 Å². The highest BCUT2D eigenvalue weighted by Crippen LogP contribution is 2.27. The molecule has 0 saturated heterocycles. The zero-order valence-electron chi connectivity index (χ0n) is 20.3.